The monoisotopic (exact) mass is 546 g/mol. The van der Waals surface area contributed by atoms with Gasteiger partial charge < -0.3 is 9.42 Å². The molecule has 0 radical (unpaired) electrons. The normalized spacial score (nSPS) is 18.6. The lowest BCUT2D eigenvalue weighted by molar-refractivity contribution is 0.155. The molecule has 0 atom stereocenters. The van der Waals surface area contributed by atoms with E-state index in [1.54, 1.807) is 7.05 Å². The number of hydrogen-bond acceptors (Lipinski definition) is 6. The number of hydrogen-bond donors (Lipinski definition) is 0. The van der Waals surface area contributed by atoms with E-state index in [0.29, 0.717) is 27.2 Å². The van der Waals surface area contributed by atoms with E-state index in [9.17, 15) is 0 Å². The zero-order valence-electron chi connectivity index (χ0n) is 21.2. The van der Waals surface area contributed by atoms with Crippen molar-refractivity contribution in [2.45, 2.75) is 44.4 Å². The summed E-state index contributed by atoms with van der Waals surface area (Å²) in [6, 6.07) is 14.1. The first-order valence-corrected chi connectivity index (χ1v) is 14.0. The van der Waals surface area contributed by atoms with Gasteiger partial charge in [-0.3, -0.25) is 0 Å². The molecule has 0 amide bonds. The largest absolute Gasteiger partial charge is 0.371 e. The highest BCUT2D eigenvalue weighted by molar-refractivity contribution is 6.39. The highest BCUT2D eigenvalue weighted by atomic mass is 35.5. The summed E-state index contributed by atoms with van der Waals surface area (Å²) >= 11 is 13.1. The van der Waals surface area contributed by atoms with Crippen molar-refractivity contribution in [3.05, 3.63) is 69.4 Å². The van der Waals surface area contributed by atoms with Gasteiger partial charge in [0.05, 0.1) is 17.1 Å². The summed E-state index contributed by atoms with van der Waals surface area (Å²) in [7, 11) is 1.78. The van der Waals surface area contributed by atoms with Gasteiger partial charge >= 0.3 is 0 Å². The highest BCUT2D eigenvalue weighted by Gasteiger charge is 2.43. The predicted octanol–water partition coefficient (Wildman–Crippen LogP) is 7.18. The van der Waals surface area contributed by atoms with E-state index in [0.717, 1.165) is 66.9 Å². The van der Waals surface area contributed by atoms with Gasteiger partial charge in [-0.1, -0.05) is 40.0 Å². The molecule has 7 nitrogen and oxygen atoms in total. The number of tetrazole rings is 1. The van der Waals surface area contributed by atoms with E-state index in [4.69, 9.17) is 27.7 Å². The second kappa shape index (κ2) is 9.24. The maximum Gasteiger partial charge on any atom is 0.204 e. The van der Waals surface area contributed by atoms with Crippen molar-refractivity contribution in [1.82, 2.24) is 25.4 Å². The van der Waals surface area contributed by atoms with Crippen molar-refractivity contribution in [2.24, 2.45) is 12.5 Å². The molecule has 194 valence electrons. The summed E-state index contributed by atoms with van der Waals surface area (Å²) < 4.78 is 5.86. The average molecular weight is 547 g/mol. The number of aromatic nitrogens is 5. The van der Waals surface area contributed by atoms with Gasteiger partial charge in [0.25, 0.3) is 0 Å². The number of rotatable bonds is 5. The third-order valence-corrected chi connectivity index (χ3v) is 8.91. The Kier molecular flexibility index (Phi) is 5.82. The van der Waals surface area contributed by atoms with Gasteiger partial charge in [0.1, 0.15) is 11.5 Å². The quantitative estimate of drug-likeness (QED) is 0.264. The molecule has 0 N–H and O–H groups in total. The molecule has 1 aliphatic heterocycles. The van der Waals surface area contributed by atoms with Gasteiger partial charge in [0, 0.05) is 41.4 Å². The summed E-state index contributed by atoms with van der Waals surface area (Å²) in [6.07, 6.45) is 9.26. The summed E-state index contributed by atoms with van der Waals surface area (Å²) in [5.41, 5.74) is 6.71. The van der Waals surface area contributed by atoms with Crippen LogP contribution in [0, 0.1) is 5.41 Å². The summed E-state index contributed by atoms with van der Waals surface area (Å²) in [5, 5.41) is 18.0. The topological polar surface area (TPSA) is 72.9 Å². The molecule has 4 aromatic rings. The van der Waals surface area contributed by atoms with Crippen LogP contribution in [-0.4, -0.2) is 38.5 Å². The van der Waals surface area contributed by atoms with Gasteiger partial charge in [0.2, 0.25) is 5.82 Å². The minimum Gasteiger partial charge on any atom is -0.371 e. The number of aryl methyl sites for hydroxylation is 1. The van der Waals surface area contributed by atoms with Crippen molar-refractivity contribution >= 4 is 35.0 Å². The third kappa shape index (κ3) is 4.31. The molecule has 2 aliphatic carbocycles. The fourth-order valence-corrected chi connectivity index (χ4v) is 6.60. The van der Waals surface area contributed by atoms with Crippen LogP contribution in [0.5, 0.6) is 0 Å². The van der Waals surface area contributed by atoms with Crippen LogP contribution in [-0.2, 0) is 7.05 Å². The molecule has 2 aromatic heterocycles. The van der Waals surface area contributed by atoms with E-state index in [1.165, 1.54) is 28.9 Å². The fourth-order valence-electron chi connectivity index (χ4n) is 6.03. The average Bonchev–Trinajstić information content (AvgIpc) is 3.53. The van der Waals surface area contributed by atoms with Crippen LogP contribution in [0.3, 0.4) is 0 Å². The molecule has 2 aromatic carbocycles. The highest BCUT2D eigenvalue weighted by Crippen LogP contribution is 2.54. The molecular weight excluding hydrogens is 519 g/mol. The Morgan fingerprint density at radius 3 is 2.34 bits per heavy atom. The minimum atomic E-state index is 0.394. The van der Waals surface area contributed by atoms with E-state index >= 15 is 0 Å². The first-order valence-electron chi connectivity index (χ1n) is 13.2. The SMILES string of the molecule is Cn1nnc(-c2ccc(N3CCC4(CC3)CC(=Cc3c(-c5c(Cl)cccc5Cl)noc3C3CC3)C4)cc2)n1. The summed E-state index contributed by atoms with van der Waals surface area (Å²) in [4.78, 5) is 3.97. The molecule has 0 unspecified atom stereocenters. The number of benzene rings is 2. The minimum absolute atomic E-state index is 0.394. The molecule has 2 saturated carbocycles. The Bertz CT molecular complexity index is 1500. The smallest absolute Gasteiger partial charge is 0.204 e. The molecule has 3 heterocycles. The predicted molar refractivity (Wildman–Crippen MR) is 149 cm³/mol. The van der Waals surface area contributed by atoms with Crippen molar-refractivity contribution in [1.29, 1.82) is 0 Å². The lowest BCUT2D eigenvalue weighted by Crippen LogP contribution is -2.44. The molecular formula is C29H28Cl2N6O. The molecule has 0 bridgehead atoms. The van der Waals surface area contributed by atoms with Crippen LogP contribution < -0.4 is 4.90 Å². The number of halogens is 2. The molecule has 1 spiro atoms. The molecule has 1 saturated heterocycles. The van der Waals surface area contributed by atoms with Crippen LogP contribution in [0.15, 0.2) is 52.6 Å². The Morgan fingerprint density at radius 2 is 1.71 bits per heavy atom. The maximum absolute atomic E-state index is 6.55. The van der Waals surface area contributed by atoms with Crippen LogP contribution in [0.25, 0.3) is 28.7 Å². The van der Waals surface area contributed by atoms with Crippen LogP contribution >= 0.6 is 23.2 Å². The van der Waals surface area contributed by atoms with Crippen LogP contribution in [0.1, 0.15) is 55.8 Å². The summed E-state index contributed by atoms with van der Waals surface area (Å²) in [6.45, 7) is 2.13. The van der Waals surface area contributed by atoms with Crippen molar-refractivity contribution in [3.8, 4) is 22.6 Å². The van der Waals surface area contributed by atoms with E-state index in [2.05, 4.69) is 55.8 Å². The first kappa shape index (κ1) is 23.9. The zero-order valence-corrected chi connectivity index (χ0v) is 22.7. The number of nitrogens with zero attached hydrogens (tertiary/aromatic N) is 6. The molecule has 7 rings (SSSR count). The summed E-state index contributed by atoms with van der Waals surface area (Å²) in [5.74, 6) is 2.10. The molecule has 3 aliphatic rings. The maximum atomic E-state index is 6.55. The zero-order chi connectivity index (χ0) is 25.9. The Labute approximate surface area is 231 Å². The second-order valence-electron chi connectivity index (χ2n) is 11.0. The van der Waals surface area contributed by atoms with Gasteiger partial charge in [-0.15, -0.1) is 10.2 Å². The van der Waals surface area contributed by atoms with E-state index in [1.807, 2.05) is 18.2 Å². The molecule has 9 heteroatoms. The molecule has 38 heavy (non-hydrogen) atoms. The van der Waals surface area contributed by atoms with Gasteiger partial charge in [0.15, 0.2) is 0 Å². The van der Waals surface area contributed by atoms with Crippen molar-refractivity contribution in [2.75, 3.05) is 18.0 Å². The lowest BCUT2D eigenvalue weighted by atomic mass is 9.60. The fraction of sp³-hybridized carbons (Fsp3) is 0.379. The molecule has 3 fully saturated rings. The Hall–Kier alpha value is -3.16. The van der Waals surface area contributed by atoms with Crippen LogP contribution in [0.2, 0.25) is 10.0 Å². The first-order chi connectivity index (χ1) is 18.5. The van der Waals surface area contributed by atoms with E-state index < -0.39 is 0 Å². The van der Waals surface area contributed by atoms with Crippen molar-refractivity contribution in [3.63, 3.8) is 0 Å². The Morgan fingerprint density at radius 1 is 1.00 bits per heavy atom. The standard InChI is InChI=1S/C29H28Cl2N6O/c1-36-33-28(32-35-36)20-7-9-21(10-8-20)37-13-11-29(12-14-37)16-18(17-29)15-22-26(34-38-27(22)19-5-6-19)25-23(30)3-2-4-24(25)31/h2-4,7-10,15,19H,5-6,11-14,16-17H2,1H3. The van der Waals surface area contributed by atoms with Gasteiger partial charge in [-0.05, 0) is 91.6 Å². The second-order valence-corrected chi connectivity index (χ2v) is 11.8. The number of allylic oxidation sites excluding steroid dienone is 1. The van der Waals surface area contributed by atoms with Gasteiger partial charge in [-0.25, -0.2) is 0 Å². The van der Waals surface area contributed by atoms with Gasteiger partial charge in [-0.2, -0.15) is 4.80 Å². The van der Waals surface area contributed by atoms with E-state index in [-0.39, 0.29) is 0 Å². The Balaban J connectivity index is 1.05. The van der Waals surface area contributed by atoms with Crippen LogP contribution in [0.4, 0.5) is 5.69 Å². The lowest BCUT2D eigenvalue weighted by Gasteiger charge is -2.50. The van der Waals surface area contributed by atoms with Crippen molar-refractivity contribution < 1.29 is 4.52 Å². The third-order valence-electron chi connectivity index (χ3n) is 8.28. The number of piperidine rings is 1. The number of anilines is 1.